The number of carbonyl (C=O) groups is 1. The van der Waals surface area contributed by atoms with Crippen molar-refractivity contribution in [3.63, 3.8) is 0 Å². The molecule has 0 saturated heterocycles. The van der Waals surface area contributed by atoms with E-state index in [0.717, 1.165) is 28.1 Å². The Kier molecular flexibility index (Phi) is 5.75. The van der Waals surface area contributed by atoms with E-state index in [-0.39, 0.29) is 11.7 Å². The van der Waals surface area contributed by atoms with Crippen LogP contribution in [0.3, 0.4) is 0 Å². The standard InChI is InChI=1S/C19H21N5O2S/c1-12-5-7-14(3)15(9-12)20-18(25)11-27-19-21-22-23-24(19)16-10-13(2)6-8-17(16)26-4/h5-10H,11H2,1-4H3,(H,20,25). The number of aryl methyl sites for hydroxylation is 3. The van der Waals surface area contributed by atoms with Crippen molar-refractivity contribution in [2.45, 2.75) is 25.9 Å². The Morgan fingerprint density at radius 3 is 2.67 bits per heavy atom. The Hall–Kier alpha value is -2.87. The zero-order valence-corrected chi connectivity index (χ0v) is 16.5. The summed E-state index contributed by atoms with van der Waals surface area (Å²) < 4.78 is 6.99. The van der Waals surface area contributed by atoms with Gasteiger partial charge in [-0.05, 0) is 66.1 Å². The summed E-state index contributed by atoms with van der Waals surface area (Å²) in [7, 11) is 1.60. The van der Waals surface area contributed by atoms with Crippen LogP contribution in [0.4, 0.5) is 5.69 Å². The van der Waals surface area contributed by atoms with Gasteiger partial charge in [0.15, 0.2) is 0 Å². The molecule has 7 nitrogen and oxygen atoms in total. The third-order valence-electron chi connectivity index (χ3n) is 4.00. The second kappa shape index (κ2) is 8.22. The van der Waals surface area contributed by atoms with Gasteiger partial charge in [-0.25, -0.2) is 0 Å². The second-order valence-electron chi connectivity index (χ2n) is 6.20. The van der Waals surface area contributed by atoms with Crippen molar-refractivity contribution < 1.29 is 9.53 Å². The van der Waals surface area contributed by atoms with Crippen LogP contribution >= 0.6 is 11.8 Å². The number of tetrazole rings is 1. The van der Waals surface area contributed by atoms with Crippen LogP contribution < -0.4 is 10.1 Å². The Morgan fingerprint density at radius 2 is 1.89 bits per heavy atom. The van der Waals surface area contributed by atoms with E-state index in [4.69, 9.17) is 4.74 Å². The molecule has 3 rings (SSSR count). The van der Waals surface area contributed by atoms with Gasteiger partial charge in [0.05, 0.1) is 12.9 Å². The molecule has 0 aliphatic carbocycles. The number of nitrogens with one attached hydrogen (secondary N) is 1. The van der Waals surface area contributed by atoms with Gasteiger partial charge in [-0.3, -0.25) is 4.79 Å². The summed E-state index contributed by atoms with van der Waals surface area (Å²) in [6.45, 7) is 5.94. The summed E-state index contributed by atoms with van der Waals surface area (Å²) >= 11 is 1.27. The fourth-order valence-electron chi connectivity index (χ4n) is 2.57. The summed E-state index contributed by atoms with van der Waals surface area (Å²) in [5.74, 6) is 0.746. The number of hydrogen-bond donors (Lipinski definition) is 1. The van der Waals surface area contributed by atoms with Crippen molar-refractivity contribution in [1.82, 2.24) is 20.2 Å². The van der Waals surface area contributed by atoms with Crippen LogP contribution in [-0.4, -0.2) is 39.0 Å². The van der Waals surface area contributed by atoms with Gasteiger partial charge in [0.2, 0.25) is 11.1 Å². The summed E-state index contributed by atoms with van der Waals surface area (Å²) in [5.41, 5.74) is 4.73. The fraction of sp³-hybridized carbons (Fsp3) is 0.263. The molecular weight excluding hydrogens is 362 g/mol. The molecule has 0 aliphatic rings. The van der Waals surface area contributed by atoms with E-state index in [2.05, 4.69) is 20.8 Å². The van der Waals surface area contributed by atoms with Gasteiger partial charge in [-0.2, -0.15) is 4.68 Å². The molecule has 0 spiro atoms. The van der Waals surface area contributed by atoms with Crippen molar-refractivity contribution in [1.29, 1.82) is 0 Å². The number of methoxy groups -OCH3 is 1. The lowest BCUT2D eigenvalue weighted by molar-refractivity contribution is -0.113. The van der Waals surface area contributed by atoms with Crippen molar-refractivity contribution in [3.8, 4) is 11.4 Å². The molecule has 1 amide bonds. The number of rotatable bonds is 6. The number of amides is 1. The molecule has 8 heteroatoms. The van der Waals surface area contributed by atoms with E-state index in [9.17, 15) is 4.79 Å². The van der Waals surface area contributed by atoms with E-state index < -0.39 is 0 Å². The summed E-state index contributed by atoms with van der Waals surface area (Å²) in [6, 6.07) is 11.7. The van der Waals surface area contributed by atoms with Crippen molar-refractivity contribution in [2.75, 3.05) is 18.2 Å². The van der Waals surface area contributed by atoms with Crippen molar-refractivity contribution in [2.24, 2.45) is 0 Å². The zero-order valence-electron chi connectivity index (χ0n) is 15.7. The van der Waals surface area contributed by atoms with Gasteiger partial charge in [-0.15, -0.1) is 5.10 Å². The Balaban J connectivity index is 1.73. The third kappa shape index (κ3) is 4.46. The molecule has 0 unspecified atom stereocenters. The molecule has 1 aromatic heterocycles. The van der Waals surface area contributed by atoms with Gasteiger partial charge >= 0.3 is 0 Å². The molecule has 0 radical (unpaired) electrons. The van der Waals surface area contributed by atoms with Gasteiger partial charge in [0.25, 0.3) is 0 Å². The van der Waals surface area contributed by atoms with Gasteiger partial charge in [0.1, 0.15) is 11.4 Å². The molecule has 0 bridgehead atoms. The van der Waals surface area contributed by atoms with Crippen LogP contribution in [0.1, 0.15) is 16.7 Å². The van der Waals surface area contributed by atoms with Gasteiger partial charge < -0.3 is 10.1 Å². The summed E-state index contributed by atoms with van der Waals surface area (Å²) in [5, 5.41) is 15.3. The molecule has 3 aromatic rings. The quantitative estimate of drug-likeness (QED) is 0.658. The van der Waals surface area contributed by atoms with E-state index >= 15 is 0 Å². The Morgan fingerprint density at radius 1 is 1.15 bits per heavy atom. The predicted octanol–water partition coefficient (Wildman–Crippen LogP) is 3.33. The number of thioether (sulfide) groups is 1. The number of aromatic nitrogens is 4. The average Bonchev–Trinajstić information content (AvgIpc) is 3.11. The topological polar surface area (TPSA) is 81.9 Å². The second-order valence-corrected chi connectivity index (χ2v) is 7.15. The van der Waals surface area contributed by atoms with Crippen LogP contribution in [0, 0.1) is 20.8 Å². The SMILES string of the molecule is COc1ccc(C)cc1-n1nnnc1SCC(=O)Nc1cc(C)ccc1C. The molecule has 0 aliphatic heterocycles. The molecule has 2 aromatic carbocycles. The maximum atomic E-state index is 12.4. The largest absolute Gasteiger partial charge is 0.494 e. The normalized spacial score (nSPS) is 10.7. The lowest BCUT2D eigenvalue weighted by Gasteiger charge is -2.11. The smallest absolute Gasteiger partial charge is 0.234 e. The van der Waals surface area contributed by atoms with Crippen LogP contribution in [0.2, 0.25) is 0 Å². The maximum Gasteiger partial charge on any atom is 0.234 e. The number of carbonyl (C=O) groups excluding carboxylic acids is 1. The molecule has 0 fully saturated rings. The highest BCUT2D eigenvalue weighted by molar-refractivity contribution is 7.99. The first-order valence-electron chi connectivity index (χ1n) is 8.41. The minimum Gasteiger partial charge on any atom is -0.494 e. The van der Waals surface area contributed by atoms with Crippen molar-refractivity contribution in [3.05, 3.63) is 53.1 Å². The lowest BCUT2D eigenvalue weighted by atomic mass is 10.1. The number of hydrogen-bond acceptors (Lipinski definition) is 6. The van der Waals surface area contributed by atoms with E-state index in [1.54, 1.807) is 11.8 Å². The summed E-state index contributed by atoms with van der Waals surface area (Å²) in [6.07, 6.45) is 0. The molecule has 27 heavy (non-hydrogen) atoms. The third-order valence-corrected chi connectivity index (χ3v) is 4.92. The minimum atomic E-state index is -0.112. The first-order valence-corrected chi connectivity index (χ1v) is 9.40. The Bertz CT molecular complexity index is 970. The van der Waals surface area contributed by atoms with Crippen LogP contribution in [-0.2, 0) is 4.79 Å². The van der Waals surface area contributed by atoms with Crippen LogP contribution in [0.15, 0.2) is 41.6 Å². The molecule has 0 atom stereocenters. The van der Waals surface area contributed by atoms with Crippen LogP contribution in [0.5, 0.6) is 5.75 Å². The predicted molar refractivity (Wildman–Crippen MR) is 106 cm³/mol. The molecule has 0 saturated carbocycles. The Labute approximate surface area is 162 Å². The first kappa shape index (κ1) is 18.9. The number of benzene rings is 2. The number of nitrogens with zero attached hydrogens (tertiary/aromatic N) is 4. The van der Waals surface area contributed by atoms with Gasteiger partial charge in [-0.1, -0.05) is 30.0 Å². The van der Waals surface area contributed by atoms with Gasteiger partial charge in [0, 0.05) is 5.69 Å². The first-order chi connectivity index (χ1) is 13.0. The summed E-state index contributed by atoms with van der Waals surface area (Å²) in [4.78, 5) is 12.4. The average molecular weight is 383 g/mol. The minimum absolute atomic E-state index is 0.112. The highest BCUT2D eigenvalue weighted by Gasteiger charge is 2.15. The zero-order chi connectivity index (χ0) is 19.4. The number of anilines is 1. The van der Waals surface area contributed by atoms with Crippen molar-refractivity contribution >= 4 is 23.4 Å². The lowest BCUT2D eigenvalue weighted by Crippen LogP contribution is -2.15. The number of ether oxygens (including phenoxy) is 1. The highest BCUT2D eigenvalue weighted by atomic mass is 32.2. The van der Waals surface area contributed by atoms with E-state index in [1.807, 2.05) is 57.2 Å². The van der Waals surface area contributed by atoms with E-state index in [1.165, 1.54) is 11.8 Å². The fourth-order valence-corrected chi connectivity index (χ4v) is 3.26. The molecule has 1 heterocycles. The highest BCUT2D eigenvalue weighted by Crippen LogP contribution is 2.27. The van der Waals surface area contributed by atoms with E-state index in [0.29, 0.717) is 10.9 Å². The molecule has 1 N–H and O–H groups in total. The maximum absolute atomic E-state index is 12.4. The van der Waals surface area contributed by atoms with Crippen LogP contribution in [0.25, 0.3) is 5.69 Å². The molecule has 140 valence electrons. The molecular formula is C19H21N5O2S. The monoisotopic (exact) mass is 383 g/mol.